The zero-order chi connectivity index (χ0) is 10.6. The lowest BCUT2D eigenvalue weighted by molar-refractivity contribution is 0.0950. The number of hydrogen-bond donors (Lipinski definition) is 2. The Balaban J connectivity index is 2.76. The van der Waals surface area contributed by atoms with Crippen molar-refractivity contribution in [1.29, 1.82) is 0 Å². The van der Waals surface area contributed by atoms with Crippen LogP contribution in [-0.2, 0) is 0 Å². The van der Waals surface area contributed by atoms with Gasteiger partial charge >= 0.3 is 0 Å². The van der Waals surface area contributed by atoms with Crippen LogP contribution in [-0.4, -0.2) is 24.2 Å². The molecule has 1 rings (SSSR count). The van der Waals surface area contributed by atoms with Crippen molar-refractivity contribution in [2.24, 2.45) is 0 Å². The fraction of sp³-hybridized carbons (Fsp3) is 0.300. The molecule has 0 radical (unpaired) electrons. The Morgan fingerprint density at radius 2 is 2.29 bits per heavy atom. The average Bonchev–Trinajstić information content (AvgIpc) is 2.18. The highest BCUT2D eigenvalue weighted by Gasteiger charge is 2.05. The number of hydrogen-bond acceptors (Lipinski definition) is 2. The number of amides is 1. The third-order valence-corrected chi connectivity index (χ3v) is 1.84. The summed E-state index contributed by atoms with van der Waals surface area (Å²) in [6.45, 7) is 1.13. The third kappa shape index (κ3) is 2.45. The maximum atomic E-state index is 11.8. The van der Waals surface area contributed by atoms with Gasteiger partial charge in [0, 0.05) is 12.1 Å². The van der Waals surface area contributed by atoms with Gasteiger partial charge in [-0.15, -0.1) is 0 Å². The minimum absolute atomic E-state index is 0.0127. The van der Waals surface area contributed by atoms with Gasteiger partial charge in [-0.25, -0.2) is 4.39 Å². The van der Waals surface area contributed by atoms with E-state index in [2.05, 4.69) is 5.32 Å². The predicted molar refractivity (Wildman–Crippen MR) is 51.2 cm³/mol. The molecular formula is C10H12FNO2. The van der Waals surface area contributed by atoms with Crippen molar-refractivity contribution in [3.63, 3.8) is 0 Å². The molecule has 0 saturated heterocycles. The number of aromatic hydroxyl groups is 1. The van der Waals surface area contributed by atoms with Gasteiger partial charge in [-0.05, 0) is 30.7 Å². The first-order chi connectivity index (χ1) is 6.65. The Labute approximate surface area is 81.6 Å². The number of phenols is 1. The fourth-order valence-electron chi connectivity index (χ4n) is 1.06. The summed E-state index contributed by atoms with van der Waals surface area (Å²) in [4.78, 5) is 11.3. The summed E-state index contributed by atoms with van der Waals surface area (Å²) in [6.07, 6.45) is 0. The molecule has 0 aliphatic carbocycles. The van der Waals surface area contributed by atoms with Crippen molar-refractivity contribution in [1.82, 2.24) is 5.32 Å². The standard InChI is InChI=1S/C10H12FNO2/c1-7-6-8(2-3-9(7)13)10(14)12-5-4-11/h2-3,6,13H,4-5H2,1H3,(H,12,14). The Bertz CT molecular complexity index is 339. The molecule has 2 N–H and O–H groups in total. The molecule has 0 spiro atoms. The van der Waals surface area contributed by atoms with E-state index >= 15 is 0 Å². The molecule has 0 heterocycles. The van der Waals surface area contributed by atoms with Crippen molar-refractivity contribution in [3.8, 4) is 5.75 Å². The first kappa shape index (κ1) is 10.5. The molecular weight excluding hydrogens is 185 g/mol. The van der Waals surface area contributed by atoms with Crippen LogP contribution in [0.15, 0.2) is 18.2 Å². The maximum Gasteiger partial charge on any atom is 0.251 e. The maximum absolute atomic E-state index is 11.8. The first-order valence-corrected chi connectivity index (χ1v) is 4.29. The second-order valence-corrected chi connectivity index (χ2v) is 2.95. The van der Waals surface area contributed by atoms with Crippen molar-refractivity contribution >= 4 is 5.91 Å². The van der Waals surface area contributed by atoms with Gasteiger partial charge in [0.05, 0.1) is 0 Å². The van der Waals surface area contributed by atoms with Crippen molar-refractivity contribution < 1.29 is 14.3 Å². The van der Waals surface area contributed by atoms with E-state index in [9.17, 15) is 14.3 Å². The normalized spacial score (nSPS) is 9.86. The summed E-state index contributed by atoms with van der Waals surface area (Å²) in [5.74, 6) is -0.183. The van der Waals surface area contributed by atoms with E-state index in [1.54, 1.807) is 13.0 Å². The van der Waals surface area contributed by atoms with Crippen LogP contribution in [0.2, 0.25) is 0 Å². The topological polar surface area (TPSA) is 49.3 Å². The number of nitrogens with one attached hydrogen (secondary N) is 1. The van der Waals surface area contributed by atoms with Crippen molar-refractivity contribution in [3.05, 3.63) is 29.3 Å². The zero-order valence-electron chi connectivity index (χ0n) is 7.88. The van der Waals surface area contributed by atoms with E-state index in [4.69, 9.17) is 0 Å². The number of phenolic OH excluding ortho intramolecular Hbond substituents is 1. The van der Waals surface area contributed by atoms with Gasteiger partial charge in [-0.2, -0.15) is 0 Å². The van der Waals surface area contributed by atoms with Gasteiger partial charge in [-0.1, -0.05) is 0 Å². The first-order valence-electron chi connectivity index (χ1n) is 4.29. The highest BCUT2D eigenvalue weighted by atomic mass is 19.1. The highest BCUT2D eigenvalue weighted by Crippen LogP contribution is 2.16. The summed E-state index contributed by atoms with van der Waals surface area (Å²) in [7, 11) is 0. The van der Waals surface area contributed by atoms with Gasteiger partial charge in [0.1, 0.15) is 12.4 Å². The number of benzene rings is 1. The molecule has 0 aliphatic heterocycles. The van der Waals surface area contributed by atoms with Crippen LogP contribution in [0.5, 0.6) is 5.75 Å². The van der Waals surface area contributed by atoms with Crippen LogP contribution in [0, 0.1) is 6.92 Å². The summed E-state index contributed by atoms with van der Waals surface area (Å²) in [5, 5.41) is 11.6. The molecule has 1 aromatic carbocycles. The van der Waals surface area contributed by atoms with Crippen molar-refractivity contribution in [2.45, 2.75) is 6.92 Å². The van der Waals surface area contributed by atoms with Crippen LogP contribution in [0.25, 0.3) is 0 Å². The van der Waals surface area contributed by atoms with E-state index in [0.717, 1.165) is 0 Å². The molecule has 0 aromatic heterocycles. The summed E-state index contributed by atoms with van der Waals surface area (Å²) in [6, 6.07) is 4.50. The third-order valence-electron chi connectivity index (χ3n) is 1.84. The largest absolute Gasteiger partial charge is 0.508 e. The van der Waals surface area contributed by atoms with Gasteiger partial charge in [0.15, 0.2) is 0 Å². The second kappa shape index (κ2) is 4.60. The van der Waals surface area contributed by atoms with Crippen LogP contribution >= 0.6 is 0 Å². The number of aryl methyl sites for hydroxylation is 1. The predicted octanol–water partition coefficient (Wildman–Crippen LogP) is 1.40. The molecule has 76 valence electrons. The van der Waals surface area contributed by atoms with E-state index in [0.29, 0.717) is 11.1 Å². The Morgan fingerprint density at radius 3 is 2.86 bits per heavy atom. The van der Waals surface area contributed by atoms with Crippen LogP contribution < -0.4 is 5.32 Å². The van der Waals surface area contributed by atoms with E-state index in [1.165, 1.54) is 12.1 Å². The second-order valence-electron chi connectivity index (χ2n) is 2.95. The number of carbonyl (C=O) groups is 1. The lowest BCUT2D eigenvalue weighted by Gasteiger charge is -2.04. The minimum Gasteiger partial charge on any atom is -0.508 e. The van der Waals surface area contributed by atoms with E-state index < -0.39 is 6.67 Å². The molecule has 4 heteroatoms. The zero-order valence-corrected chi connectivity index (χ0v) is 7.88. The molecule has 0 atom stereocenters. The van der Waals surface area contributed by atoms with E-state index in [-0.39, 0.29) is 18.2 Å². The molecule has 0 saturated carbocycles. The lowest BCUT2D eigenvalue weighted by atomic mass is 10.1. The molecule has 3 nitrogen and oxygen atoms in total. The fourth-order valence-corrected chi connectivity index (χ4v) is 1.06. The monoisotopic (exact) mass is 197 g/mol. The number of carbonyl (C=O) groups excluding carboxylic acids is 1. The van der Waals surface area contributed by atoms with Crippen LogP contribution in [0.3, 0.4) is 0 Å². The van der Waals surface area contributed by atoms with Crippen LogP contribution in [0.1, 0.15) is 15.9 Å². The highest BCUT2D eigenvalue weighted by molar-refractivity contribution is 5.94. The summed E-state index contributed by atoms with van der Waals surface area (Å²) < 4.78 is 11.8. The minimum atomic E-state index is -0.581. The number of rotatable bonds is 3. The Hall–Kier alpha value is -1.58. The number of alkyl halides is 1. The Kier molecular flexibility index (Phi) is 3.45. The smallest absolute Gasteiger partial charge is 0.251 e. The van der Waals surface area contributed by atoms with Crippen molar-refractivity contribution in [2.75, 3.05) is 13.2 Å². The SMILES string of the molecule is Cc1cc(C(=O)NCCF)ccc1O. The molecule has 1 aromatic rings. The lowest BCUT2D eigenvalue weighted by Crippen LogP contribution is -2.25. The van der Waals surface area contributed by atoms with Gasteiger partial charge in [0.25, 0.3) is 5.91 Å². The van der Waals surface area contributed by atoms with Gasteiger partial charge < -0.3 is 10.4 Å². The average molecular weight is 197 g/mol. The Morgan fingerprint density at radius 1 is 1.57 bits per heavy atom. The molecule has 1 amide bonds. The summed E-state index contributed by atoms with van der Waals surface area (Å²) in [5.41, 5.74) is 1.05. The molecule has 0 bridgehead atoms. The van der Waals surface area contributed by atoms with Gasteiger partial charge in [0.2, 0.25) is 0 Å². The molecule has 0 fully saturated rings. The van der Waals surface area contributed by atoms with Crippen LogP contribution in [0.4, 0.5) is 4.39 Å². The molecule has 0 aliphatic rings. The quantitative estimate of drug-likeness (QED) is 0.769. The molecule has 14 heavy (non-hydrogen) atoms. The summed E-state index contributed by atoms with van der Waals surface area (Å²) >= 11 is 0. The van der Waals surface area contributed by atoms with E-state index in [1.807, 2.05) is 0 Å². The molecule has 0 unspecified atom stereocenters. The van der Waals surface area contributed by atoms with Gasteiger partial charge in [-0.3, -0.25) is 4.79 Å². The number of halogens is 1.